The molecule has 0 spiro atoms. The van der Waals surface area contributed by atoms with Gasteiger partial charge in [0.25, 0.3) is 0 Å². The average Bonchev–Trinajstić information content (AvgIpc) is 2.36. The normalized spacial score (nSPS) is 16.6. The molecular weight excluding hydrogens is 268 g/mol. The third-order valence-corrected chi connectivity index (χ3v) is 4.97. The van der Waals surface area contributed by atoms with Gasteiger partial charge >= 0.3 is 6.16 Å². The Morgan fingerprint density at radius 1 is 1.37 bits per heavy atom. The molecule has 0 N–H and O–H groups in total. The van der Waals surface area contributed by atoms with Crippen molar-refractivity contribution in [2.45, 2.75) is 18.2 Å². The summed E-state index contributed by atoms with van der Waals surface area (Å²) in [4.78, 5) is 11.3. The van der Waals surface area contributed by atoms with Crippen molar-refractivity contribution in [3.8, 4) is 5.75 Å². The van der Waals surface area contributed by atoms with Crippen molar-refractivity contribution < 1.29 is 22.7 Å². The molecule has 1 aliphatic rings. The summed E-state index contributed by atoms with van der Waals surface area (Å²) in [5.41, 5.74) is 1.78. The monoisotopic (exact) mass is 282 g/mol. The molecule has 1 heterocycles. The Hall–Kier alpha value is -1.82. The molecule has 102 valence electrons. The maximum absolute atomic E-state index is 12.1. The van der Waals surface area contributed by atoms with E-state index in [1.54, 1.807) is 19.1 Å². The Labute approximate surface area is 111 Å². The van der Waals surface area contributed by atoms with Gasteiger partial charge in [0, 0.05) is 5.56 Å². The molecule has 0 bridgehead atoms. The van der Waals surface area contributed by atoms with Gasteiger partial charge in [0.15, 0.2) is 9.84 Å². The van der Waals surface area contributed by atoms with Crippen LogP contribution in [0.25, 0.3) is 5.57 Å². The van der Waals surface area contributed by atoms with Crippen LogP contribution in [0.3, 0.4) is 0 Å². The van der Waals surface area contributed by atoms with E-state index in [-0.39, 0.29) is 16.4 Å². The molecule has 5 nitrogen and oxygen atoms in total. The molecule has 0 atom stereocenters. The molecule has 0 fully saturated rings. The van der Waals surface area contributed by atoms with Gasteiger partial charge in [-0.15, -0.1) is 0 Å². The molecule has 19 heavy (non-hydrogen) atoms. The van der Waals surface area contributed by atoms with Crippen LogP contribution in [-0.4, -0.2) is 27.4 Å². The molecule has 0 saturated carbocycles. The summed E-state index contributed by atoms with van der Waals surface area (Å²) in [7, 11) is -2.17. The summed E-state index contributed by atoms with van der Waals surface area (Å²) in [6.07, 6.45) is -0.457. The van der Waals surface area contributed by atoms with Crippen LogP contribution in [0.15, 0.2) is 23.6 Å². The highest BCUT2D eigenvalue weighted by Crippen LogP contribution is 2.37. The topological polar surface area (TPSA) is 69.7 Å². The second-order valence-electron chi connectivity index (χ2n) is 4.29. The number of hydrogen-bond acceptors (Lipinski definition) is 5. The fourth-order valence-corrected chi connectivity index (χ4v) is 3.92. The first-order chi connectivity index (χ1) is 8.86. The van der Waals surface area contributed by atoms with Crippen molar-refractivity contribution in [1.82, 2.24) is 0 Å². The van der Waals surface area contributed by atoms with Crippen molar-refractivity contribution in [2.75, 3.05) is 12.9 Å². The molecule has 0 aromatic heterocycles. The molecular formula is C13H14O5S. The SMILES string of the molecule is C=C1CCS(=O)(=O)c2c1ccc(OC(=O)OC)c2C. The zero-order valence-electron chi connectivity index (χ0n) is 10.7. The van der Waals surface area contributed by atoms with E-state index in [9.17, 15) is 13.2 Å². The van der Waals surface area contributed by atoms with Crippen LogP contribution in [0, 0.1) is 6.92 Å². The van der Waals surface area contributed by atoms with E-state index in [0.29, 0.717) is 17.5 Å². The standard InChI is InChI=1S/C13H14O5S/c1-8-6-7-19(15,16)12-9(2)11(5-4-10(8)12)18-13(14)17-3/h4-5H,1,6-7H2,2-3H3. The van der Waals surface area contributed by atoms with E-state index >= 15 is 0 Å². The minimum Gasteiger partial charge on any atom is -0.437 e. The number of benzene rings is 1. The molecule has 0 unspecified atom stereocenters. The lowest BCUT2D eigenvalue weighted by molar-refractivity contribution is 0.121. The quantitative estimate of drug-likeness (QED) is 0.584. The van der Waals surface area contributed by atoms with Gasteiger partial charge in [-0.25, -0.2) is 13.2 Å². The molecule has 1 aliphatic heterocycles. The zero-order valence-corrected chi connectivity index (χ0v) is 11.5. The summed E-state index contributed by atoms with van der Waals surface area (Å²) in [5.74, 6) is 0.213. The summed E-state index contributed by atoms with van der Waals surface area (Å²) in [6.45, 7) is 5.48. The van der Waals surface area contributed by atoms with Crippen LogP contribution < -0.4 is 4.74 Å². The highest BCUT2D eigenvalue weighted by molar-refractivity contribution is 7.91. The van der Waals surface area contributed by atoms with E-state index in [1.165, 1.54) is 7.11 Å². The smallest absolute Gasteiger partial charge is 0.437 e. The lowest BCUT2D eigenvalue weighted by Crippen LogP contribution is -2.18. The van der Waals surface area contributed by atoms with E-state index in [1.807, 2.05) is 0 Å². The second kappa shape index (κ2) is 4.70. The highest BCUT2D eigenvalue weighted by atomic mass is 32.2. The first-order valence-electron chi connectivity index (χ1n) is 5.67. The maximum Gasteiger partial charge on any atom is 0.513 e. The van der Waals surface area contributed by atoms with Crippen LogP contribution in [0.2, 0.25) is 0 Å². The van der Waals surface area contributed by atoms with Crippen molar-refractivity contribution in [3.05, 3.63) is 29.8 Å². The minimum atomic E-state index is -3.36. The first kappa shape index (κ1) is 13.6. The number of methoxy groups -OCH3 is 1. The number of fused-ring (bicyclic) bond motifs is 1. The number of rotatable bonds is 1. The zero-order chi connectivity index (χ0) is 14.2. The number of carbonyl (C=O) groups excluding carboxylic acids is 1. The largest absolute Gasteiger partial charge is 0.513 e. The fraction of sp³-hybridized carbons (Fsp3) is 0.308. The second-order valence-corrected chi connectivity index (χ2v) is 6.34. The summed E-state index contributed by atoms with van der Waals surface area (Å²) < 4.78 is 33.6. The molecule has 0 saturated heterocycles. The fourth-order valence-electron chi connectivity index (χ4n) is 2.09. The van der Waals surface area contributed by atoms with Crippen LogP contribution in [0.4, 0.5) is 4.79 Å². The number of hydrogen-bond donors (Lipinski definition) is 0. The minimum absolute atomic E-state index is 0.0291. The average molecular weight is 282 g/mol. The van der Waals surface area contributed by atoms with Gasteiger partial charge in [-0.2, -0.15) is 0 Å². The van der Waals surface area contributed by atoms with E-state index < -0.39 is 16.0 Å². The highest BCUT2D eigenvalue weighted by Gasteiger charge is 2.29. The number of sulfone groups is 1. The van der Waals surface area contributed by atoms with Crippen molar-refractivity contribution >= 4 is 21.6 Å². The molecule has 0 aliphatic carbocycles. The van der Waals surface area contributed by atoms with Gasteiger partial charge in [0.2, 0.25) is 0 Å². The third kappa shape index (κ3) is 2.35. The molecule has 2 rings (SSSR count). The van der Waals surface area contributed by atoms with Crippen LogP contribution in [-0.2, 0) is 14.6 Å². The van der Waals surface area contributed by atoms with Gasteiger partial charge in [0.1, 0.15) is 5.75 Å². The van der Waals surface area contributed by atoms with Gasteiger partial charge in [0.05, 0.1) is 17.8 Å². The molecule has 1 aromatic rings. The van der Waals surface area contributed by atoms with Crippen LogP contribution >= 0.6 is 0 Å². The van der Waals surface area contributed by atoms with Gasteiger partial charge < -0.3 is 9.47 Å². The van der Waals surface area contributed by atoms with E-state index in [2.05, 4.69) is 11.3 Å². The molecule has 0 amide bonds. The van der Waals surface area contributed by atoms with Gasteiger partial charge in [-0.3, -0.25) is 0 Å². The van der Waals surface area contributed by atoms with Crippen molar-refractivity contribution in [2.24, 2.45) is 0 Å². The van der Waals surface area contributed by atoms with Gasteiger partial charge in [-0.1, -0.05) is 6.58 Å². The van der Waals surface area contributed by atoms with Gasteiger partial charge in [-0.05, 0) is 36.6 Å². The van der Waals surface area contributed by atoms with E-state index in [4.69, 9.17) is 4.74 Å². The van der Waals surface area contributed by atoms with Crippen molar-refractivity contribution in [3.63, 3.8) is 0 Å². The Kier molecular flexibility index (Phi) is 3.36. The summed E-state index contributed by atoms with van der Waals surface area (Å²) >= 11 is 0. The number of ether oxygens (including phenoxy) is 2. The lowest BCUT2D eigenvalue weighted by Gasteiger charge is -2.21. The Bertz CT molecular complexity index is 658. The maximum atomic E-state index is 12.1. The predicted molar refractivity (Wildman–Crippen MR) is 69.9 cm³/mol. The molecule has 0 radical (unpaired) electrons. The lowest BCUT2D eigenvalue weighted by atomic mass is 10.0. The Balaban J connectivity index is 2.60. The predicted octanol–water partition coefficient (Wildman–Crippen LogP) is 2.33. The number of allylic oxidation sites excluding steroid dienone is 1. The summed E-state index contributed by atoms with van der Waals surface area (Å²) in [6, 6.07) is 3.16. The third-order valence-electron chi connectivity index (χ3n) is 3.08. The van der Waals surface area contributed by atoms with Crippen LogP contribution in [0.5, 0.6) is 5.75 Å². The van der Waals surface area contributed by atoms with Crippen molar-refractivity contribution in [1.29, 1.82) is 0 Å². The number of carbonyl (C=O) groups is 1. The Morgan fingerprint density at radius 2 is 2.05 bits per heavy atom. The van der Waals surface area contributed by atoms with Crippen LogP contribution in [0.1, 0.15) is 17.5 Å². The molecule has 6 heteroatoms. The summed E-state index contributed by atoms with van der Waals surface area (Å²) in [5, 5.41) is 0. The Morgan fingerprint density at radius 3 is 2.68 bits per heavy atom. The first-order valence-corrected chi connectivity index (χ1v) is 7.32. The van der Waals surface area contributed by atoms with E-state index in [0.717, 1.165) is 5.57 Å². The molecule has 1 aromatic carbocycles.